The van der Waals surface area contributed by atoms with Gasteiger partial charge >= 0.3 is 0 Å². The summed E-state index contributed by atoms with van der Waals surface area (Å²) in [5.41, 5.74) is 0.582. The number of para-hydroxylation sites is 3. The molecule has 5 heteroatoms. The van der Waals surface area contributed by atoms with Crippen LogP contribution in [0, 0.1) is 0 Å². The first-order chi connectivity index (χ1) is 11.7. The standard InChI is InChI=1S/C19H14ClNO2S/c20-15-7-1-3-9-17(15)23-18-10-4-2-8-16(18)21-19(22)12-11-14-6-5-13-24-14/h1-13H,(H,21,22)/b12-11+. The molecule has 0 spiro atoms. The second kappa shape index (κ2) is 7.81. The minimum Gasteiger partial charge on any atom is -0.454 e. The number of hydrogen-bond acceptors (Lipinski definition) is 3. The van der Waals surface area contributed by atoms with E-state index < -0.39 is 0 Å². The molecule has 3 nitrogen and oxygen atoms in total. The lowest BCUT2D eigenvalue weighted by atomic mass is 10.2. The molecule has 0 aliphatic carbocycles. The monoisotopic (exact) mass is 355 g/mol. The third kappa shape index (κ3) is 4.25. The summed E-state index contributed by atoms with van der Waals surface area (Å²) in [6.45, 7) is 0. The number of rotatable bonds is 5. The number of carbonyl (C=O) groups excluding carboxylic acids is 1. The second-order valence-corrected chi connectivity index (χ2v) is 6.25. The molecule has 0 aliphatic rings. The van der Waals surface area contributed by atoms with Gasteiger partial charge in [0.25, 0.3) is 0 Å². The highest BCUT2D eigenvalue weighted by Crippen LogP contribution is 2.33. The Morgan fingerprint density at radius 3 is 2.50 bits per heavy atom. The third-order valence-electron chi connectivity index (χ3n) is 3.14. The Morgan fingerprint density at radius 1 is 1.00 bits per heavy atom. The highest BCUT2D eigenvalue weighted by Gasteiger charge is 2.08. The van der Waals surface area contributed by atoms with Crippen LogP contribution in [0.4, 0.5) is 5.69 Å². The van der Waals surface area contributed by atoms with Gasteiger partial charge in [0.2, 0.25) is 5.91 Å². The van der Waals surface area contributed by atoms with E-state index >= 15 is 0 Å². The van der Waals surface area contributed by atoms with Crippen LogP contribution in [0.25, 0.3) is 6.08 Å². The van der Waals surface area contributed by atoms with Crippen LogP contribution in [0.2, 0.25) is 5.02 Å². The van der Waals surface area contributed by atoms with Gasteiger partial charge in [-0.3, -0.25) is 4.79 Å². The fraction of sp³-hybridized carbons (Fsp3) is 0. The zero-order chi connectivity index (χ0) is 16.8. The Bertz CT molecular complexity index is 859. The van der Waals surface area contributed by atoms with Gasteiger partial charge in [0.1, 0.15) is 5.75 Å². The maximum Gasteiger partial charge on any atom is 0.248 e. The van der Waals surface area contributed by atoms with Crippen molar-refractivity contribution in [2.24, 2.45) is 0 Å². The van der Waals surface area contributed by atoms with Gasteiger partial charge in [-0.25, -0.2) is 0 Å². The molecule has 0 saturated heterocycles. The molecule has 1 amide bonds. The average molecular weight is 356 g/mol. The summed E-state index contributed by atoms with van der Waals surface area (Å²) in [6, 6.07) is 18.3. The van der Waals surface area contributed by atoms with Crippen LogP contribution in [-0.4, -0.2) is 5.91 Å². The highest BCUT2D eigenvalue weighted by molar-refractivity contribution is 7.10. The van der Waals surface area contributed by atoms with E-state index in [1.54, 1.807) is 41.7 Å². The predicted octanol–water partition coefficient (Wildman–Crippen LogP) is 5.85. The van der Waals surface area contributed by atoms with Crippen molar-refractivity contribution < 1.29 is 9.53 Å². The van der Waals surface area contributed by atoms with E-state index in [9.17, 15) is 4.79 Å². The normalized spacial score (nSPS) is 10.7. The maximum atomic E-state index is 12.1. The fourth-order valence-corrected chi connectivity index (χ4v) is 2.82. The molecule has 3 rings (SSSR count). The second-order valence-electron chi connectivity index (χ2n) is 4.87. The lowest BCUT2D eigenvalue weighted by Gasteiger charge is -2.12. The summed E-state index contributed by atoms with van der Waals surface area (Å²) in [6.07, 6.45) is 3.27. The van der Waals surface area contributed by atoms with Gasteiger partial charge in [-0.1, -0.05) is 41.9 Å². The molecule has 0 unspecified atom stereocenters. The molecule has 1 heterocycles. The van der Waals surface area contributed by atoms with Crippen LogP contribution in [0.3, 0.4) is 0 Å². The van der Waals surface area contributed by atoms with E-state index in [0.717, 1.165) is 4.88 Å². The number of anilines is 1. The van der Waals surface area contributed by atoms with Crippen LogP contribution < -0.4 is 10.1 Å². The minimum absolute atomic E-state index is 0.224. The number of halogens is 1. The van der Waals surface area contributed by atoms with Gasteiger partial charge in [0.15, 0.2) is 5.75 Å². The molecule has 0 fully saturated rings. The van der Waals surface area contributed by atoms with Gasteiger partial charge in [-0.2, -0.15) is 0 Å². The Hall–Kier alpha value is -2.56. The van der Waals surface area contributed by atoms with Gasteiger partial charge in [0.05, 0.1) is 10.7 Å². The topological polar surface area (TPSA) is 38.3 Å². The first-order valence-electron chi connectivity index (χ1n) is 7.26. The Morgan fingerprint density at radius 2 is 1.75 bits per heavy atom. The number of ether oxygens (including phenoxy) is 1. The van der Waals surface area contributed by atoms with Gasteiger partial charge in [-0.05, 0) is 41.8 Å². The molecular weight excluding hydrogens is 342 g/mol. The van der Waals surface area contributed by atoms with Crippen molar-refractivity contribution in [3.05, 3.63) is 82.0 Å². The van der Waals surface area contributed by atoms with Crippen molar-refractivity contribution in [1.29, 1.82) is 0 Å². The Balaban J connectivity index is 1.74. The van der Waals surface area contributed by atoms with Crippen LogP contribution >= 0.6 is 22.9 Å². The van der Waals surface area contributed by atoms with Crippen molar-refractivity contribution in [1.82, 2.24) is 0 Å². The zero-order valence-corrected chi connectivity index (χ0v) is 14.2. The summed E-state index contributed by atoms with van der Waals surface area (Å²) in [4.78, 5) is 13.1. The molecule has 1 aromatic heterocycles. The molecule has 24 heavy (non-hydrogen) atoms. The van der Waals surface area contributed by atoms with Crippen molar-refractivity contribution >= 4 is 40.6 Å². The molecular formula is C19H14ClNO2S. The first-order valence-corrected chi connectivity index (χ1v) is 8.52. The largest absolute Gasteiger partial charge is 0.454 e. The van der Waals surface area contributed by atoms with E-state index in [1.807, 2.05) is 41.8 Å². The highest BCUT2D eigenvalue weighted by atomic mass is 35.5. The number of hydrogen-bond donors (Lipinski definition) is 1. The molecule has 2 aromatic carbocycles. The number of carbonyl (C=O) groups is 1. The molecule has 0 bridgehead atoms. The van der Waals surface area contributed by atoms with Crippen molar-refractivity contribution in [3.8, 4) is 11.5 Å². The summed E-state index contributed by atoms with van der Waals surface area (Å²) in [5.74, 6) is 0.845. The molecule has 0 aliphatic heterocycles. The van der Waals surface area contributed by atoms with Crippen molar-refractivity contribution in [2.75, 3.05) is 5.32 Å². The SMILES string of the molecule is O=C(/C=C/c1cccs1)Nc1ccccc1Oc1ccccc1Cl. The molecule has 0 saturated carbocycles. The summed E-state index contributed by atoms with van der Waals surface area (Å²) in [7, 11) is 0. The zero-order valence-electron chi connectivity index (χ0n) is 12.6. The molecule has 3 aromatic rings. The maximum absolute atomic E-state index is 12.1. The molecule has 120 valence electrons. The summed E-state index contributed by atoms with van der Waals surface area (Å²) < 4.78 is 5.82. The first kappa shape index (κ1) is 16.3. The van der Waals surface area contributed by atoms with Gasteiger partial charge in [-0.15, -0.1) is 11.3 Å². The number of thiophene rings is 1. The number of nitrogens with one attached hydrogen (secondary N) is 1. The van der Waals surface area contributed by atoms with Crippen molar-refractivity contribution in [2.45, 2.75) is 0 Å². The lowest BCUT2D eigenvalue weighted by molar-refractivity contribution is -0.111. The van der Waals surface area contributed by atoms with Crippen molar-refractivity contribution in [3.63, 3.8) is 0 Å². The quantitative estimate of drug-likeness (QED) is 0.583. The van der Waals surface area contributed by atoms with Gasteiger partial charge < -0.3 is 10.1 Å². The molecule has 1 N–H and O–H groups in total. The van der Waals surface area contributed by atoms with Crippen LogP contribution in [0.15, 0.2) is 72.1 Å². The predicted molar refractivity (Wildman–Crippen MR) is 100.0 cm³/mol. The Labute approximate surface area is 149 Å². The Kier molecular flexibility index (Phi) is 5.31. The van der Waals surface area contributed by atoms with E-state index in [0.29, 0.717) is 22.2 Å². The smallest absolute Gasteiger partial charge is 0.248 e. The van der Waals surface area contributed by atoms with Crippen LogP contribution in [-0.2, 0) is 4.79 Å². The number of benzene rings is 2. The van der Waals surface area contributed by atoms with E-state index in [1.165, 1.54) is 6.08 Å². The average Bonchev–Trinajstić information content (AvgIpc) is 3.10. The third-order valence-corrected chi connectivity index (χ3v) is 4.29. The van der Waals surface area contributed by atoms with E-state index in [2.05, 4.69) is 5.32 Å². The van der Waals surface area contributed by atoms with E-state index in [-0.39, 0.29) is 5.91 Å². The summed E-state index contributed by atoms with van der Waals surface area (Å²) in [5, 5.41) is 5.30. The fourth-order valence-electron chi connectivity index (χ4n) is 2.02. The van der Waals surface area contributed by atoms with Gasteiger partial charge in [0, 0.05) is 11.0 Å². The van der Waals surface area contributed by atoms with E-state index in [4.69, 9.17) is 16.3 Å². The molecule has 0 radical (unpaired) electrons. The molecule has 0 atom stereocenters. The van der Waals surface area contributed by atoms with Crippen LogP contribution in [0.1, 0.15) is 4.88 Å². The lowest BCUT2D eigenvalue weighted by Crippen LogP contribution is -2.08. The minimum atomic E-state index is -0.224. The van der Waals surface area contributed by atoms with Crippen LogP contribution in [0.5, 0.6) is 11.5 Å². The summed E-state index contributed by atoms with van der Waals surface area (Å²) >= 11 is 7.69. The number of amides is 1.